The first kappa shape index (κ1) is 8.73. The van der Waals surface area contributed by atoms with Crippen LogP contribution in [-0.4, -0.2) is 25.4 Å². The Kier molecular flexibility index (Phi) is 3.03. The molecular weight excluding hydrogens is 170 g/mol. The lowest BCUT2D eigenvalue weighted by Crippen LogP contribution is -1.85. The first-order valence-electron chi connectivity index (χ1n) is 3.32. The molecular formula is C6H7N7. The maximum Gasteiger partial charge on any atom is 0.163 e. The maximum absolute atomic E-state index is 8.22. The molecule has 0 atom stereocenters. The molecule has 0 unspecified atom stereocenters. The van der Waals surface area contributed by atoms with Gasteiger partial charge in [-0.05, 0) is 0 Å². The molecule has 2 aromatic heterocycles. The van der Waals surface area contributed by atoms with Crippen LogP contribution in [0.3, 0.4) is 0 Å². The molecule has 2 heterocycles. The minimum Gasteiger partial charge on any atom is -0.381 e. The number of nitrogen functional groups attached to an aromatic ring is 1. The fourth-order valence-electron chi connectivity index (χ4n) is 0.557. The van der Waals surface area contributed by atoms with Gasteiger partial charge >= 0.3 is 0 Å². The van der Waals surface area contributed by atoms with Gasteiger partial charge in [0.05, 0.1) is 0 Å². The minimum atomic E-state index is 0.257. The second kappa shape index (κ2) is 4.50. The highest BCUT2D eigenvalue weighted by Crippen LogP contribution is 2.01. The van der Waals surface area contributed by atoms with Crippen LogP contribution in [0.5, 0.6) is 0 Å². The second-order valence-electron chi connectivity index (χ2n) is 1.95. The van der Waals surface area contributed by atoms with Crippen molar-refractivity contribution in [1.29, 1.82) is 5.26 Å². The summed E-state index contributed by atoms with van der Waals surface area (Å²) in [6.45, 7) is 0. The number of anilines is 1. The van der Waals surface area contributed by atoms with Crippen LogP contribution >= 0.6 is 0 Å². The van der Waals surface area contributed by atoms with E-state index in [1.807, 2.05) is 6.07 Å². The zero-order valence-corrected chi connectivity index (χ0v) is 6.60. The standard InChI is InChI=1S/C4H4N4.C2H3N3/c5-1-3-2-7-8-4(3)6;1-3-2-5-4-1/h2H,(H3,6,7,8);1-2H,(H,3,4,5). The van der Waals surface area contributed by atoms with E-state index in [9.17, 15) is 0 Å². The molecule has 13 heavy (non-hydrogen) atoms. The van der Waals surface area contributed by atoms with Gasteiger partial charge in [0.15, 0.2) is 5.82 Å². The van der Waals surface area contributed by atoms with Crippen LogP contribution in [0.15, 0.2) is 18.9 Å². The van der Waals surface area contributed by atoms with E-state index < -0.39 is 0 Å². The molecule has 7 nitrogen and oxygen atoms in total. The molecule has 0 fully saturated rings. The van der Waals surface area contributed by atoms with Gasteiger partial charge in [0.1, 0.15) is 24.3 Å². The van der Waals surface area contributed by atoms with Crippen molar-refractivity contribution < 1.29 is 0 Å². The zero-order valence-electron chi connectivity index (χ0n) is 6.60. The summed E-state index contributed by atoms with van der Waals surface area (Å²) in [6, 6.07) is 1.86. The van der Waals surface area contributed by atoms with E-state index in [0.717, 1.165) is 0 Å². The van der Waals surface area contributed by atoms with Crippen molar-refractivity contribution in [2.24, 2.45) is 0 Å². The lowest BCUT2D eigenvalue weighted by Gasteiger charge is -1.75. The van der Waals surface area contributed by atoms with Crippen molar-refractivity contribution in [3.63, 3.8) is 0 Å². The van der Waals surface area contributed by atoms with Gasteiger partial charge < -0.3 is 5.73 Å². The molecule has 2 rings (SSSR count). The highest BCUT2D eigenvalue weighted by atomic mass is 15.2. The Hall–Kier alpha value is -2.36. The van der Waals surface area contributed by atoms with Crippen LogP contribution in [0.1, 0.15) is 5.56 Å². The molecule has 0 aliphatic rings. The van der Waals surface area contributed by atoms with E-state index in [2.05, 4.69) is 25.4 Å². The van der Waals surface area contributed by atoms with E-state index in [-0.39, 0.29) is 5.82 Å². The Morgan fingerprint density at radius 3 is 2.54 bits per heavy atom. The number of aromatic nitrogens is 5. The Bertz CT molecular complexity index is 351. The third kappa shape index (κ3) is 2.63. The van der Waals surface area contributed by atoms with Crippen LogP contribution in [-0.2, 0) is 0 Å². The SMILES string of the molecule is N#Cc1c[nH]nc1N.c1nc[nH]n1. The van der Waals surface area contributed by atoms with E-state index in [4.69, 9.17) is 11.0 Å². The third-order valence-corrected chi connectivity index (χ3v) is 1.12. The van der Waals surface area contributed by atoms with Gasteiger partial charge in [0.2, 0.25) is 0 Å². The number of nitrogens with two attached hydrogens (primary N) is 1. The number of aromatic amines is 2. The van der Waals surface area contributed by atoms with Crippen LogP contribution in [0, 0.1) is 11.3 Å². The van der Waals surface area contributed by atoms with Crippen molar-refractivity contribution >= 4 is 5.82 Å². The van der Waals surface area contributed by atoms with Crippen LogP contribution in [0.4, 0.5) is 5.82 Å². The zero-order chi connectivity index (χ0) is 9.52. The molecule has 0 amide bonds. The Morgan fingerprint density at radius 1 is 1.46 bits per heavy atom. The summed E-state index contributed by atoms with van der Waals surface area (Å²) in [7, 11) is 0. The Balaban J connectivity index is 0.000000145. The smallest absolute Gasteiger partial charge is 0.163 e. The summed E-state index contributed by atoms with van der Waals surface area (Å²) in [5.74, 6) is 0.257. The summed E-state index contributed by atoms with van der Waals surface area (Å²) in [5, 5.41) is 20.2. The Labute approximate surface area is 73.6 Å². The summed E-state index contributed by atoms with van der Waals surface area (Å²) in [4.78, 5) is 3.56. The van der Waals surface area contributed by atoms with Gasteiger partial charge in [-0.2, -0.15) is 15.5 Å². The lowest BCUT2D eigenvalue weighted by molar-refractivity contribution is 1.09. The second-order valence-corrected chi connectivity index (χ2v) is 1.95. The molecule has 0 spiro atoms. The number of rotatable bonds is 0. The highest BCUT2D eigenvalue weighted by molar-refractivity contribution is 5.45. The average molecular weight is 177 g/mol. The average Bonchev–Trinajstić information content (AvgIpc) is 2.76. The van der Waals surface area contributed by atoms with E-state index >= 15 is 0 Å². The topological polar surface area (TPSA) is 120 Å². The van der Waals surface area contributed by atoms with Crippen LogP contribution in [0.2, 0.25) is 0 Å². The van der Waals surface area contributed by atoms with Crippen molar-refractivity contribution in [3.8, 4) is 6.07 Å². The van der Waals surface area contributed by atoms with Gasteiger partial charge in [0.25, 0.3) is 0 Å². The monoisotopic (exact) mass is 177 g/mol. The van der Waals surface area contributed by atoms with Crippen molar-refractivity contribution in [2.45, 2.75) is 0 Å². The molecule has 0 bridgehead atoms. The van der Waals surface area contributed by atoms with Gasteiger partial charge in [0, 0.05) is 6.20 Å². The molecule has 0 saturated carbocycles. The summed E-state index contributed by atoms with van der Waals surface area (Å²) >= 11 is 0. The first-order valence-corrected chi connectivity index (χ1v) is 3.32. The number of hydrogen-bond donors (Lipinski definition) is 3. The summed E-state index contributed by atoms with van der Waals surface area (Å²) in [5.41, 5.74) is 5.58. The molecule has 0 aromatic carbocycles. The molecule has 7 heteroatoms. The normalized spacial score (nSPS) is 8.23. The Morgan fingerprint density at radius 2 is 2.31 bits per heavy atom. The lowest BCUT2D eigenvalue weighted by atomic mass is 10.4. The predicted molar refractivity (Wildman–Crippen MR) is 44.1 cm³/mol. The number of nitrogens with zero attached hydrogens (tertiary/aromatic N) is 4. The van der Waals surface area contributed by atoms with Crippen LogP contribution < -0.4 is 5.73 Å². The van der Waals surface area contributed by atoms with Crippen molar-refractivity contribution in [3.05, 3.63) is 24.4 Å². The quantitative estimate of drug-likeness (QED) is 0.508. The minimum absolute atomic E-state index is 0.257. The summed E-state index contributed by atoms with van der Waals surface area (Å²) in [6.07, 6.45) is 4.41. The molecule has 4 N–H and O–H groups in total. The van der Waals surface area contributed by atoms with Gasteiger partial charge in [-0.1, -0.05) is 0 Å². The molecule has 0 aliphatic heterocycles. The van der Waals surface area contributed by atoms with Crippen molar-refractivity contribution in [2.75, 3.05) is 5.73 Å². The fourth-order valence-corrected chi connectivity index (χ4v) is 0.557. The van der Waals surface area contributed by atoms with Gasteiger partial charge in [-0.15, -0.1) is 0 Å². The number of nitrogens with one attached hydrogen (secondary N) is 2. The third-order valence-electron chi connectivity index (χ3n) is 1.12. The fraction of sp³-hybridized carbons (Fsp3) is 0. The van der Waals surface area contributed by atoms with E-state index in [1.165, 1.54) is 18.9 Å². The highest BCUT2D eigenvalue weighted by Gasteiger charge is 1.95. The number of nitriles is 1. The largest absolute Gasteiger partial charge is 0.381 e. The molecule has 0 aliphatic carbocycles. The van der Waals surface area contributed by atoms with E-state index in [0.29, 0.717) is 5.56 Å². The van der Waals surface area contributed by atoms with E-state index in [1.54, 1.807) is 0 Å². The molecule has 66 valence electrons. The molecule has 0 radical (unpaired) electrons. The van der Waals surface area contributed by atoms with Gasteiger partial charge in [-0.25, -0.2) is 4.98 Å². The maximum atomic E-state index is 8.22. The molecule has 0 saturated heterocycles. The number of hydrogen-bond acceptors (Lipinski definition) is 5. The molecule has 2 aromatic rings. The van der Waals surface area contributed by atoms with Crippen LogP contribution in [0.25, 0.3) is 0 Å². The predicted octanol–water partition coefficient (Wildman–Crippen LogP) is -0.332. The van der Waals surface area contributed by atoms with Crippen molar-refractivity contribution in [1.82, 2.24) is 25.4 Å². The number of H-pyrrole nitrogens is 2. The van der Waals surface area contributed by atoms with Gasteiger partial charge in [-0.3, -0.25) is 10.2 Å². The summed E-state index contributed by atoms with van der Waals surface area (Å²) < 4.78 is 0. The first-order chi connectivity index (χ1) is 6.34.